The van der Waals surface area contributed by atoms with E-state index >= 15 is 0 Å². The van der Waals surface area contributed by atoms with Gasteiger partial charge in [-0.2, -0.15) is 0 Å². The number of nitrogens with one attached hydrogen (secondary N) is 3. The average Bonchev–Trinajstić information content (AvgIpc) is 3.10. The predicted octanol–water partition coefficient (Wildman–Crippen LogP) is 3.84. The monoisotopic (exact) mass is 341 g/mol. The number of rotatable bonds is 5. The highest BCUT2D eigenvalue weighted by molar-refractivity contribution is 6.05. The first-order chi connectivity index (χ1) is 12.2. The normalized spacial score (nSPS) is 10.4. The number of para-hydroxylation sites is 1. The van der Waals surface area contributed by atoms with Gasteiger partial charge in [0.2, 0.25) is 5.75 Å². The van der Waals surface area contributed by atoms with E-state index in [1.807, 2.05) is 30.5 Å². The molecule has 25 heavy (non-hydrogen) atoms. The van der Waals surface area contributed by atoms with Crippen molar-refractivity contribution in [3.8, 4) is 17.2 Å². The first kappa shape index (κ1) is 16.5. The average molecular weight is 341 g/mol. The van der Waals surface area contributed by atoms with Crippen LogP contribution in [-0.4, -0.2) is 32.3 Å². The van der Waals surface area contributed by atoms with Crippen LogP contribution in [0.25, 0.3) is 10.9 Å². The van der Waals surface area contributed by atoms with Crippen LogP contribution in [0.2, 0.25) is 0 Å². The van der Waals surface area contributed by atoms with Crippen molar-refractivity contribution in [2.24, 2.45) is 0 Å². The molecule has 1 heterocycles. The zero-order valence-corrected chi connectivity index (χ0v) is 14.2. The molecule has 2 aromatic carbocycles. The third-order valence-corrected chi connectivity index (χ3v) is 3.76. The summed E-state index contributed by atoms with van der Waals surface area (Å²) in [4.78, 5) is 15.5. The lowest BCUT2D eigenvalue weighted by Crippen LogP contribution is -2.19. The molecule has 0 aliphatic carbocycles. The molecule has 0 aliphatic rings. The Morgan fingerprint density at radius 3 is 2.32 bits per heavy atom. The molecule has 0 bridgehead atoms. The van der Waals surface area contributed by atoms with Gasteiger partial charge in [-0.05, 0) is 12.1 Å². The molecule has 0 radical (unpaired) electrons. The fourth-order valence-electron chi connectivity index (χ4n) is 2.63. The molecule has 3 rings (SSSR count). The second kappa shape index (κ2) is 7.04. The van der Waals surface area contributed by atoms with Gasteiger partial charge in [-0.25, -0.2) is 4.79 Å². The molecule has 0 atom stereocenters. The maximum Gasteiger partial charge on any atom is 0.323 e. The molecule has 7 nitrogen and oxygen atoms in total. The lowest BCUT2D eigenvalue weighted by atomic mass is 10.2. The van der Waals surface area contributed by atoms with Gasteiger partial charge in [-0.15, -0.1) is 0 Å². The zero-order valence-electron chi connectivity index (χ0n) is 14.2. The fourth-order valence-corrected chi connectivity index (χ4v) is 2.63. The van der Waals surface area contributed by atoms with Gasteiger partial charge in [0.25, 0.3) is 0 Å². The molecule has 2 amide bonds. The van der Waals surface area contributed by atoms with Gasteiger partial charge in [0, 0.05) is 23.7 Å². The van der Waals surface area contributed by atoms with Crippen molar-refractivity contribution in [3.63, 3.8) is 0 Å². The Morgan fingerprint density at radius 2 is 1.68 bits per heavy atom. The van der Waals surface area contributed by atoms with E-state index in [4.69, 9.17) is 14.2 Å². The van der Waals surface area contributed by atoms with Gasteiger partial charge in [-0.3, -0.25) is 0 Å². The second-order valence-corrected chi connectivity index (χ2v) is 5.24. The molecule has 7 heteroatoms. The smallest absolute Gasteiger partial charge is 0.323 e. The van der Waals surface area contributed by atoms with E-state index < -0.39 is 0 Å². The van der Waals surface area contributed by atoms with E-state index in [0.717, 1.165) is 10.9 Å². The van der Waals surface area contributed by atoms with E-state index in [9.17, 15) is 4.79 Å². The standard InChI is InChI=1S/C18H19N3O4/c1-23-14-9-12(10-15(24-2)17(14)25-3)20-18(22)21-13-6-4-5-11-7-8-19-16(11)13/h4-10,19H,1-3H3,(H2,20,21,22). The minimum absolute atomic E-state index is 0.378. The fraction of sp³-hybridized carbons (Fsp3) is 0.167. The minimum atomic E-state index is -0.378. The maximum atomic E-state index is 12.4. The Balaban J connectivity index is 1.82. The van der Waals surface area contributed by atoms with Crippen molar-refractivity contribution < 1.29 is 19.0 Å². The van der Waals surface area contributed by atoms with Gasteiger partial charge in [0.1, 0.15) is 0 Å². The van der Waals surface area contributed by atoms with Crippen molar-refractivity contribution in [3.05, 3.63) is 42.6 Å². The number of aromatic nitrogens is 1. The maximum absolute atomic E-state index is 12.4. The van der Waals surface area contributed by atoms with Crippen molar-refractivity contribution >= 4 is 28.3 Å². The van der Waals surface area contributed by atoms with Gasteiger partial charge < -0.3 is 29.8 Å². The summed E-state index contributed by atoms with van der Waals surface area (Å²) in [5.74, 6) is 1.39. The largest absolute Gasteiger partial charge is 0.493 e. The molecule has 0 aliphatic heterocycles. The number of H-pyrrole nitrogens is 1. The van der Waals surface area contributed by atoms with Crippen LogP contribution in [-0.2, 0) is 0 Å². The number of carbonyl (C=O) groups excluding carboxylic acids is 1. The topological polar surface area (TPSA) is 84.6 Å². The van der Waals surface area contributed by atoms with Gasteiger partial charge in [0.15, 0.2) is 11.5 Å². The zero-order chi connectivity index (χ0) is 17.8. The van der Waals surface area contributed by atoms with Crippen molar-refractivity contribution in [1.82, 2.24) is 4.98 Å². The first-order valence-corrected chi connectivity index (χ1v) is 7.60. The van der Waals surface area contributed by atoms with Crippen LogP contribution in [0.3, 0.4) is 0 Å². The number of hydrogen-bond donors (Lipinski definition) is 3. The lowest BCUT2D eigenvalue weighted by molar-refractivity contribution is 0.262. The highest BCUT2D eigenvalue weighted by Crippen LogP contribution is 2.39. The van der Waals surface area contributed by atoms with Crippen molar-refractivity contribution in [2.45, 2.75) is 0 Å². The Bertz CT molecular complexity index is 879. The van der Waals surface area contributed by atoms with E-state index in [0.29, 0.717) is 28.6 Å². The summed E-state index contributed by atoms with van der Waals surface area (Å²) in [7, 11) is 4.57. The molecule has 0 saturated carbocycles. The molecule has 0 unspecified atom stereocenters. The van der Waals surface area contributed by atoms with Crippen LogP contribution in [0.4, 0.5) is 16.2 Å². The summed E-state index contributed by atoms with van der Waals surface area (Å²) in [6, 6.07) is 10.6. The summed E-state index contributed by atoms with van der Waals surface area (Å²) in [6.07, 6.45) is 1.83. The number of benzene rings is 2. The quantitative estimate of drug-likeness (QED) is 0.658. The number of anilines is 2. The van der Waals surface area contributed by atoms with Gasteiger partial charge in [-0.1, -0.05) is 12.1 Å². The number of ether oxygens (including phenoxy) is 3. The van der Waals surface area contributed by atoms with Gasteiger partial charge >= 0.3 is 6.03 Å². The molecule has 0 spiro atoms. The molecular weight excluding hydrogens is 322 g/mol. The lowest BCUT2D eigenvalue weighted by Gasteiger charge is -2.15. The highest BCUT2D eigenvalue weighted by atomic mass is 16.5. The second-order valence-electron chi connectivity index (χ2n) is 5.24. The SMILES string of the molecule is COc1cc(NC(=O)Nc2cccc3cc[nH]c23)cc(OC)c1OC. The summed E-state index contributed by atoms with van der Waals surface area (Å²) in [6.45, 7) is 0. The molecular formula is C18H19N3O4. The summed E-state index contributed by atoms with van der Waals surface area (Å²) in [5.41, 5.74) is 2.07. The van der Waals surface area contributed by atoms with E-state index in [-0.39, 0.29) is 6.03 Å². The minimum Gasteiger partial charge on any atom is -0.493 e. The Labute approximate surface area is 144 Å². The van der Waals surface area contributed by atoms with Crippen molar-refractivity contribution in [1.29, 1.82) is 0 Å². The third-order valence-electron chi connectivity index (χ3n) is 3.76. The number of amides is 2. The number of carbonyl (C=O) groups is 1. The Kier molecular flexibility index (Phi) is 4.65. The Hall–Kier alpha value is -3.35. The van der Waals surface area contributed by atoms with Crippen LogP contribution in [0.5, 0.6) is 17.2 Å². The first-order valence-electron chi connectivity index (χ1n) is 7.60. The van der Waals surface area contributed by atoms with E-state index in [2.05, 4.69) is 15.6 Å². The van der Waals surface area contributed by atoms with Crippen molar-refractivity contribution in [2.75, 3.05) is 32.0 Å². The van der Waals surface area contributed by atoms with Crippen LogP contribution in [0.1, 0.15) is 0 Å². The number of urea groups is 1. The van der Waals surface area contributed by atoms with Crippen LogP contribution >= 0.6 is 0 Å². The number of methoxy groups -OCH3 is 3. The third kappa shape index (κ3) is 3.30. The molecule has 0 saturated heterocycles. The predicted molar refractivity (Wildman–Crippen MR) is 97.0 cm³/mol. The van der Waals surface area contributed by atoms with Gasteiger partial charge in [0.05, 0.1) is 38.2 Å². The summed E-state index contributed by atoms with van der Waals surface area (Å²) < 4.78 is 15.8. The molecule has 130 valence electrons. The summed E-state index contributed by atoms with van der Waals surface area (Å²) in [5, 5.41) is 6.62. The number of hydrogen-bond acceptors (Lipinski definition) is 4. The molecule has 3 aromatic rings. The number of fused-ring (bicyclic) bond motifs is 1. The molecule has 3 N–H and O–H groups in total. The van der Waals surface area contributed by atoms with E-state index in [1.54, 1.807) is 12.1 Å². The van der Waals surface area contributed by atoms with E-state index in [1.165, 1.54) is 21.3 Å². The van der Waals surface area contributed by atoms with Crippen LogP contribution in [0, 0.1) is 0 Å². The number of aromatic amines is 1. The van der Waals surface area contributed by atoms with Crippen LogP contribution < -0.4 is 24.8 Å². The summed E-state index contributed by atoms with van der Waals surface area (Å²) >= 11 is 0. The van der Waals surface area contributed by atoms with Crippen LogP contribution in [0.15, 0.2) is 42.6 Å². The molecule has 0 fully saturated rings. The molecule has 1 aromatic heterocycles. The highest BCUT2D eigenvalue weighted by Gasteiger charge is 2.15. The Morgan fingerprint density at radius 1 is 0.960 bits per heavy atom.